The molecule has 4 aromatic rings. The molecule has 7 heteroatoms. The van der Waals surface area contributed by atoms with Crippen molar-refractivity contribution in [3.63, 3.8) is 0 Å². The maximum atomic E-state index is 13.4. The molecule has 0 aliphatic carbocycles. The minimum atomic E-state index is -0.195. The second kappa shape index (κ2) is 7.81. The van der Waals surface area contributed by atoms with E-state index in [0.29, 0.717) is 22.5 Å². The van der Waals surface area contributed by atoms with Crippen LogP contribution in [0.3, 0.4) is 0 Å². The van der Waals surface area contributed by atoms with Crippen molar-refractivity contribution in [1.82, 2.24) is 14.8 Å². The van der Waals surface area contributed by atoms with Gasteiger partial charge in [-0.2, -0.15) is 10.1 Å². The number of halogens is 1. The van der Waals surface area contributed by atoms with Gasteiger partial charge in [-0.05, 0) is 30.7 Å². The Morgan fingerprint density at radius 3 is 2.39 bits per heavy atom. The summed E-state index contributed by atoms with van der Waals surface area (Å²) >= 11 is 6.10. The topological polar surface area (TPSA) is 63.4 Å². The van der Waals surface area contributed by atoms with E-state index in [1.54, 1.807) is 0 Å². The Labute approximate surface area is 184 Å². The van der Waals surface area contributed by atoms with E-state index < -0.39 is 0 Å². The molecule has 1 aliphatic heterocycles. The highest BCUT2D eigenvalue weighted by molar-refractivity contribution is 6.30. The molecular formula is C24H18ClN5O. The number of carbonyl (C=O) groups is 1. The first-order valence-electron chi connectivity index (χ1n) is 9.85. The Bertz CT molecular complexity index is 1300. The number of carbonyl (C=O) groups excluding carboxylic acids is 1. The zero-order valence-electron chi connectivity index (χ0n) is 16.7. The Hall–Kier alpha value is -3.77. The van der Waals surface area contributed by atoms with E-state index in [1.807, 2.05) is 90.4 Å². The molecule has 1 amide bonds. The monoisotopic (exact) mass is 427 g/mol. The van der Waals surface area contributed by atoms with Crippen LogP contribution in [-0.4, -0.2) is 26.4 Å². The molecule has 0 saturated heterocycles. The molecule has 2 heterocycles. The first-order valence-corrected chi connectivity index (χ1v) is 10.2. The molecule has 1 aliphatic rings. The van der Waals surface area contributed by atoms with Crippen molar-refractivity contribution in [3.8, 4) is 5.69 Å². The second-order valence-electron chi connectivity index (χ2n) is 7.22. The number of anilines is 1. The van der Waals surface area contributed by atoms with Gasteiger partial charge in [-0.1, -0.05) is 72.3 Å². The van der Waals surface area contributed by atoms with E-state index in [4.69, 9.17) is 16.7 Å². The fourth-order valence-corrected chi connectivity index (χ4v) is 3.80. The molecule has 0 fully saturated rings. The van der Waals surface area contributed by atoms with E-state index >= 15 is 0 Å². The summed E-state index contributed by atoms with van der Waals surface area (Å²) in [6, 6.07) is 24.9. The molecule has 152 valence electrons. The van der Waals surface area contributed by atoms with Crippen LogP contribution in [0.2, 0.25) is 5.02 Å². The van der Waals surface area contributed by atoms with Gasteiger partial charge in [0, 0.05) is 16.1 Å². The lowest BCUT2D eigenvalue weighted by molar-refractivity contribution is -0.118. The number of rotatable bonds is 3. The predicted molar refractivity (Wildman–Crippen MR) is 121 cm³/mol. The molecule has 5 rings (SSSR count). The van der Waals surface area contributed by atoms with Crippen molar-refractivity contribution >= 4 is 29.2 Å². The van der Waals surface area contributed by atoms with Gasteiger partial charge in [0.05, 0.1) is 12.1 Å². The Morgan fingerprint density at radius 2 is 1.61 bits per heavy atom. The maximum absolute atomic E-state index is 13.4. The first-order chi connectivity index (χ1) is 15.1. The van der Waals surface area contributed by atoms with Gasteiger partial charge in [-0.15, -0.1) is 10.2 Å². The number of hydrazone groups is 1. The van der Waals surface area contributed by atoms with Gasteiger partial charge in [0.15, 0.2) is 0 Å². The van der Waals surface area contributed by atoms with Crippen LogP contribution in [-0.2, 0) is 11.2 Å². The van der Waals surface area contributed by atoms with Crippen LogP contribution in [0.4, 0.5) is 5.95 Å². The SMILES string of the molecule is Cc1nnc2n1-c1ccccc1C(c1ccc(Cl)cc1)=NN2C(=O)Cc1ccccc1. The molecule has 0 N–H and O–H groups in total. The van der Waals surface area contributed by atoms with Crippen LogP contribution < -0.4 is 5.01 Å². The smallest absolute Gasteiger partial charge is 0.259 e. The highest BCUT2D eigenvalue weighted by Crippen LogP contribution is 2.30. The van der Waals surface area contributed by atoms with Crippen molar-refractivity contribution in [2.24, 2.45) is 5.10 Å². The summed E-state index contributed by atoms with van der Waals surface area (Å²) < 4.78 is 1.87. The van der Waals surface area contributed by atoms with Gasteiger partial charge < -0.3 is 0 Å². The molecule has 0 saturated carbocycles. The minimum absolute atomic E-state index is 0.195. The molecule has 0 spiro atoms. The Balaban J connectivity index is 1.70. The summed E-state index contributed by atoms with van der Waals surface area (Å²) in [5.74, 6) is 0.849. The molecule has 0 atom stereocenters. The van der Waals surface area contributed by atoms with E-state index in [-0.39, 0.29) is 12.3 Å². The fourth-order valence-electron chi connectivity index (χ4n) is 3.67. The van der Waals surface area contributed by atoms with Gasteiger partial charge in [0.1, 0.15) is 11.5 Å². The zero-order valence-corrected chi connectivity index (χ0v) is 17.5. The molecule has 0 unspecified atom stereocenters. The molecule has 0 bridgehead atoms. The third-order valence-corrected chi connectivity index (χ3v) is 5.40. The number of hydrogen-bond acceptors (Lipinski definition) is 4. The standard InChI is InChI=1S/C24H18ClN5O/c1-16-26-27-24-29(16)21-10-6-5-9-20(21)23(18-11-13-19(25)14-12-18)28-30(24)22(31)15-17-7-3-2-4-8-17/h2-14H,15H2,1H3. The third kappa shape index (κ3) is 3.51. The van der Waals surface area contributed by atoms with E-state index in [2.05, 4.69) is 10.2 Å². The highest BCUT2D eigenvalue weighted by Gasteiger charge is 2.29. The fraction of sp³-hybridized carbons (Fsp3) is 0.0833. The molecule has 1 aromatic heterocycles. The van der Waals surface area contributed by atoms with Crippen LogP contribution in [0.5, 0.6) is 0 Å². The highest BCUT2D eigenvalue weighted by atomic mass is 35.5. The molecule has 0 radical (unpaired) electrons. The van der Waals surface area contributed by atoms with Gasteiger partial charge in [0.2, 0.25) is 0 Å². The number of hydrogen-bond donors (Lipinski definition) is 0. The van der Waals surface area contributed by atoms with Crippen molar-refractivity contribution in [1.29, 1.82) is 0 Å². The van der Waals surface area contributed by atoms with Crippen LogP contribution in [0, 0.1) is 6.92 Å². The minimum Gasteiger partial charge on any atom is -0.272 e. The van der Waals surface area contributed by atoms with Crippen LogP contribution in [0.15, 0.2) is 84.0 Å². The summed E-state index contributed by atoms with van der Waals surface area (Å²) in [5, 5.41) is 15.3. The average Bonchev–Trinajstić information content (AvgIpc) is 3.09. The number of nitrogens with zero attached hydrogens (tertiary/aromatic N) is 5. The summed E-state index contributed by atoms with van der Waals surface area (Å²) in [6.45, 7) is 1.86. The van der Waals surface area contributed by atoms with E-state index in [0.717, 1.165) is 22.4 Å². The van der Waals surface area contributed by atoms with Crippen molar-refractivity contribution < 1.29 is 4.79 Å². The lowest BCUT2D eigenvalue weighted by Crippen LogP contribution is -2.30. The van der Waals surface area contributed by atoms with Crippen LogP contribution in [0.25, 0.3) is 5.69 Å². The molecule has 3 aromatic carbocycles. The van der Waals surface area contributed by atoms with Gasteiger partial charge in [-0.25, -0.2) is 0 Å². The summed E-state index contributed by atoms with van der Waals surface area (Å²) in [5.41, 5.74) is 4.16. The lowest BCUT2D eigenvalue weighted by Gasteiger charge is -2.16. The van der Waals surface area contributed by atoms with Gasteiger partial charge in [-0.3, -0.25) is 9.36 Å². The van der Waals surface area contributed by atoms with E-state index in [1.165, 1.54) is 5.01 Å². The number of amides is 1. The lowest BCUT2D eigenvalue weighted by atomic mass is 10.0. The third-order valence-electron chi connectivity index (χ3n) is 5.15. The van der Waals surface area contributed by atoms with Crippen molar-refractivity contribution in [2.75, 3.05) is 5.01 Å². The zero-order chi connectivity index (χ0) is 21.4. The number of para-hydroxylation sites is 1. The van der Waals surface area contributed by atoms with Crippen molar-refractivity contribution in [3.05, 3.63) is 106 Å². The van der Waals surface area contributed by atoms with E-state index in [9.17, 15) is 4.79 Å². The summed E-state index contributed by atoms with van der Waals surface area (Å²) in [4.78, 5) is 13.4. The van der Waals surface area contributed by atoms with Gasteiger partial charge in [0.25, 0.3) is 11.9 Å². The Morgan fingerprint density at radius 1 is 0.903 bits per heavy atom. The summed E-state index contributed by atoms with van der Waals surface area (Å²) in [6.07, 6.45) is 0.195. The number of fused-ring (bicyclic) bond motifs is 3. The Kier molecular flexibility index (Phi) is 4.84. The average molecular weight is 428 g/mol. The molecule has 6 nitrogen and oxygen atoms in total. The van der Waals surface area contributed by atoms with Crippen LogP contribution in [0.1, 0.15) is 22.5 Å². The number of aryl methyl sites for hydroxylation is 1. The second-order valence-corrected chi connectivity index (χ2v) is 7.66. The largest absolute Gasteiger partial charge is 0.272 e. The first kappa shape index (κ1) is 19.2. The number of benzene rings is 3. The quantitative estimate of drug-likeness (QED) is 0.481. The summed E-state index contributed by atoms with van der Waals surface area (Å²) in [7, 11) is 0. The van der Waals surface area contributed by atoms with Gasteiger partial charge >= 0.3 is 0 Å². The predicted octanol–water partition coefficient (Wildman–Crippen LogP) is 4.57. The van der Waals surface area contributed by atoms with Crippen molar-refractivity contribution in [2.45, 2.75) is 13.3 Å². The molecular weight excluding hydrogens is 410 g/mol. The normalized spacial score (nSPS) is 12.6. The maximum Gasteiger partial charge on any atom is 0.259 e. The molecule has 31 heavy (non-hydrogen) atoms. The van der Waals surface area contributed by atoms with Crippen LogP contribution >= 0.6 is 11.6 Å². The number of aromatic nitrogens is 3.